The molecule has 112 valence electrons. The number of phenolic OH excluding ortho intramolecular Hbond substituents is 1. The molecule has 0 aromatic heterocycles. The summed E-state index contributed by atoms with van der Waals surface area (Å²) >= 11 is 0. The van der Waals surface area contributed by atoms with Crippen LogP contribution in [0.4, 0.5) is 0 Å². The topological polar surface area (TPSA) is 131 Å². The first-order chi connectivity index (χ1) is 9.80. The number of benzene rings is 2. The lowest BCUT2D eigenvalue weighted by molar-refractivity contribution is -0.219. The summed E-state index contributed by atoms with van der Waals surface area (Å²) in [7, 11) is -4.75. The van der Waals surface area contributed by atoms with Crippen molar-refractivity contribution in [2.45, 2.75) is 19.0 Å². The Morgan fingerprint density at radius 2 is 1.67 bits per heavy atom. The van der Waals surface area contributed by atoms with Gasteiger partial charge in [0.25, 0.3) is 0 Å². The van der Waals surface area contributed by atoms with Gasteiger partial charge in [0.2, 0.25) is 0 Å². The lowest BCUT2D eigenvalue weighted by Crippen LogP contribution is -2.52. The van der Waals surface area contributed by atoms with Gasteiger partial charge in [-0.2, -0.15) is 0 Å². The van der Waals surface area contributed by atoms with Gasteiger partial charge >= 0.3 is 8.80 Å². The van der Waals surface area contributed by atoms with Crippen LogP contribution in [0.3, 0.4) is 0 Å². The van der Waals surface area contributed by atoms with Crippen LogP contribution in [-0.2, 0) is 11.2 Å². The Kier molecular flexibility index (Phi) is 3.26. The van der Waals surface area contributed by atoms with E-state index in [0.717, 1.165) is 0 Å². The van der Waals surface area contributed by atoms with E-state index in [1.54, 1.807) is 12.1 Å². The fraction of sp³-hybridized carbons (Fsp3) is 0.231. The number of aliphatic hydroxyl groups is 2. The molecule has 2 aromatic rings. The number of fused-ring (bicyclic) bond motifs is 2. The molecule has 0 fully saturated rings. The van der Waals surface area contributed by atoms with Crippen molar-refractivity contribution in [3.63, 3.8) is 0 Å². The number of hydrogen-bond acceptors (Lipinski definition) is 7. The summed E-state index contributed by atoms with van der Waals surface area (Å²) in [5.41, 5.74) is 0.0274. The Morgan fingerprint density at radius 3 is 2.29 bits per heavy atom. The van der Waals surface area contributed by atoms with Gasteiger partial charge in [-0.05, 0) is 10.9 Å². The Bertz CT molecular complexity index is 710. The SMILES string of the molecule is Oc1c2c(c([Si](O)(O)O)c3ccccc13)CC(O)OC2O. The maximum absolute atomic E-state index is 10.3. The molecule has 0 aliphatic carbocycles. The highest BCUT2D eigenvalue weighted by Crippen LogP contribution is 2.39. The summed E-state index contributed by atoms with van der Waals surface area (Å²) in [6.45, 7) is 0. The van der Waals surface area contributed by atoms with Crippen molar-refractivity contribution in [2.24, 2.45) is 0 Å². The zero-order valence-corrected chi connectivity index (χ0v) is 11.8. The standard InChI is InChI=1S/C13H14O7Si/c14-9-5-8-10(13(16)20-9)11(15)6-3-1-2-4-7(6)12(8)21(17,18)19/h1-4,9,13-19H,5H2. The van der Waals surface area contributed by atoms with Gasteiger partial charge < -0.3 is 34.4 Å². The Balaban J connectivity index is 2.47. The van der Waals surface area contributed by atoms with E-state index in [4.69, 9.17) is 4.74 Å². The van der Waals surface area contributed by atoms with Crippen molar-refractivity contribution >= 4 is 24.8 Å². The quantitative estimate of drug-likeness (QED) is 0.355. The highest BCUT2D eigenvalue weighted by atomic mass is 28.4. The molecule has 21 heavy (non-hydrogen) atoms. The van der Waals surface area contributed by atoms with Crippen molar-refractivity contribution in [1.82, 2.24) is 0 Å². The molecule has 2 aromatic carbocycles. The largest absolute Gasteiger partial charge is 0.529 e. The lowest BCUT2D eigenvalue weighted by atomic mass is 9.94. The van der Waals surface area contributed by atoms with Gasteiger partial charge in [-0.15, -0.1) is 0 Å². The minimum absolute atomic E-state index is 0.0666. The molecule has 0 saturated heterocycles. The van der Waals surface area contributed by atoms with Gasteiger partial charge in [0.05, 0.1) is 5.56 Å². The molecule has 2 atom stereocenters. The van der Waals surface area contributed by atoms with Crippen molar-refractivity contribution in [2.75, 3.05) is 0 Å². The van der Waals surface area contributed by atoms with Gasteiger partial charge in [-0.1, -0.05) is 24.3 Å². The zero-order chi connectivity index (χ0) is 15.4. The summed E-state index contributed by atoms with van der Waals surface area (Å²) in [5, 5.41) is 30.1. The number of aliphatic hydroxyl groups excluding tert-OH is 2. The third kappa shape index (κ3) is 2.23. The van der Waals surface area contributed by atoms with Crippen LogP contribution in [0.15, 0.2) is 24.3 Å². The van der Waals surface area contributed by atoms with Gasteiger partial charge in [-0.3, -0.25) is 0 Å². The fourth-order valence-corrected chi connectivity index (χ4v) is 4.01. The number of aromatic hydroxyl groups is 1. The average molecular weight is 310 g/mol. The van der Waals surface area contributed by atoms with E-state index in [1.165, 1.54) is 12.1 Å². The molecule has 1 aliphatic heterocycles. The van der Waals surface area contributed by atoms with Crippen LogP contribution in [-0.4, -0.2) is 44.8 Å². The summed E-state index contributed by atoms with van der Waals surface area (Å²) in [5.74, 6) is -0.276. The smallest absolute Gasteiger partial charge is 0.507 e. The van der Waals surface area contributed by atoms with E-state index in [0.29, 0.717) is 0 Å². The third-order valence-electron chi connectivity index (χ3n) is 3.58. The lowest BCUT2D eigenvalue weighted by Gasteiger charge is -2.30. The molecule has 1 aliphatic rings. The highest BCUT2D eigenvalue weighted by molar-refractivity contribution is 6.74. The van der Waals surface area contributed by atoms with Crippen LogP contribution in [0.2, 0.25) is 0 Å². The van der Waals surface area contributed by atoms with Gasteiger partial charge in [0, 0.05) is 17.0 Å². The van der Waals surface area contributed by atoms with Crippen LogP contribution < -0.4 is 5.19 Å². The van der Waals surface area contributed by atoms with Crippen molar-refractivity contribution in [3.05, 3.63) is 35.4 Å². The molecule has 7 nitrogen and oxygen atoms in total. The molecule has 2 unspecified atom stereocenters. The number of phenols is 1. The maximum atomic E-state index is 10.3. The average Bonchev–Trinajstić information content (AvgIpc) is 2.36. The molecule has 0 spiro atoms. The van der Waals surface area contributed by atoms with E-state index in [9.17, 15) is 29.7 Å². The maximum Gasteiger partial charge on any atom is 0.529 e. The zero-order valence-electron chi connectivity index (χ0n) is 10.8. The Hall–Kier alpha value is -1.52. The monoisotopic (exact) mass is 310 g/mol. The summed E-state index contributed by atoms with van der Waals surface area (Å²) in [6, 6.07) is 6.28. The van der Waals surface area contributed by atoms with Crippen molar-refractivity contribution in [3.8, 4) is 5.75 Å². The van der Waals surface area contributed by atoms with Crippen LogP contribution in [0, 0.1) is 0 Å². The molecule has 8 heteroatoms. The Labute approximate surface area is 120 Å². The molecule has 0 amide bonds. The van der Waals surface area contributed by atoms with Gasteiger partial charge in [0.1, 0.15) is 5.75 Å². The molecule has 0 saturated carbocycles. The van der Waals surface area contributed by atoms with Gasteiger partial charge in [0.15, 0.2) is 12.6 Å². The number of rotatable bonds is 1. The predicted molar refractivity (Wildman–Crippen MR) is 73.4 cm³/mol. The summed E-state index contributed by atoms with van der Waals surface area (Å²) in [4.78, 5) is 29.3. The predicted octanol–water partition coefficient (Wildman–Crippen LogP) is -1.45. The summed E-state index contributed by atoms with van der Waals surface area (Å²) in [6.07, 6.45) is -3.18. The van der Waals surface area contributed by atoms with E-state index in [1.807, 2.05) is 0 Å². The summed E-state index contributed by atoms with van der Waals surface area (Å²) < 4.78 is 4.83. The molecule has 1 heterocycles. The normalized spacial score (nSPS) is 22.3. The van der Waals surface area contributed by atoms with E-state index < -0.39 is 21.4 Å². The second kappa shape index (κ2) is 4.75. The second-order valence-electron chi connectivity index (χ2n) is 4.94. The second-order valence-corrected chi connectivity index (χ2v) is 6.71. The van der Waals surface area contributed by atoms with E-state index in [2.05, 4.69) is 0 Å². The highest BCUT2D eigenvalue weighted by Gasteiger charge is 2.41. The van der Waals surface area contributed by atoms with Gasteiger partial charge in [-0.25, -0.2) is 0 Å². The number of ether oxygens (including phenoxy) is 1. The van der Waals surface area contributed by atoms with E-state index >= 15 is 0 Å². The van der Waals surface area contributed by atoms with Crippen LogP contribution in [0.5, 0.6) is 5.75 Å². The fourth-order valence-electron chi connectivity index (χ4n) is 2.79. The van der Waals surface area contributed by atoms with E-state index in [-0.39, 0.29) is 39.3 Å². The van der Waals surface area contributed by atoms with Crippen LogP contribution in [0.25, 0.3) is 10.8 Å². The molecule has 3 rings (SSSR count). The minimum Gasteiger partial charge on any atom is -0.507 e. The minimum atomic E-state index is -4.75. The first kappa shape index (κ1) is 14.4. The third-order valence-corrected chi connectivity index (χ3v) is 4.82. The number of hydrogen-bond donors (Lipinski definition) is 6. The van der Waals surface area contributed by atoms with Crippen molar-refractivity contribution in [1.29, 1.82) is 0 Å². The molecular formula is C13H14O7Si. The van der Waals surface area contributed by atoms with Crippen molar-refractivity contribution < 1.29 is 34.4 Å². The Morgan fingerprint density at radius 1 is 1.05 bits per heavy atom. The first-order valence-corrected chi connectivity index (χ1v) is 8.10. The van der Waals surface area contributed by atoms with Crippen LogP contribution in [0.1, 0.15) is 17.4 Å². The first-order valence-electron chi connectivity index (χ1n) is 6.26. The molecular weight excluding hydrogens is 296 g/mol. The van der Waals surface area contributed by atoms with Crippen LogP contribution >= 0.6 is 0 Å². The molecule has 0 radical (unpaired) electrons. The molecule has 0 bridgehead atoms. The molecule has 6 N–H and O–H groups in total.